The normalized spacial score (nSPS) is 26.4. The second-order valence-electron chi connectivity index (χ2n) is 4.75. The highest BCUT2D eigenvalue weighted by Crippen LogP contribution is 2.16. The van der Waals surface area contributed by atoms with Crippen molar-refractivity contribution in [3.05, 3.63) is 0 Å². The molecule has 0 aromatic rings. The Bertz CT molecular complexity index is 149. The van der Waals surface area contributed by atoms with E-state index in [1.807, 2.05) is 6.92 Å². The molecule has 0 saturated carbocycles. The van der Waals surface area contributed by atoms with Crippen LogP contribution in [-0.2, 0) is 0 Å². The van der Waals surface area contributed by atoms with E-state index in [1.54, 1.807) is 0 Å². The molecule has 2 nitrogen and oxygen atoms in total. The van der Waals surface area contributed by atoms with Crippen molar-refractivity contribution in [2.75, 3.05) is 19.6 Å². The van der Waals surface area contributed by atoms with Crippen LogP contribution in [-0.4, -0.2) is 35.7 Å². The van der Waals surface area contributed by atoms with Gasteiger partial charge < -0.3 is 10.0 Å². The van der Waals surface area contributed by atoms with Crippen LogP contribution in [0, 0.1) is 5.92 Å². The van der Waals surface area contributed by atoms with E-state index in [0.717, 1.165) is 25.2 Å². The number of aliphatic hydroxyl groups is 1. The minimum atomic E-state index is -0.0720. The van der Waals surface area contributed by atoms with Crippen LogP contribution in [0.1, 0.15) is 46.0 Å². The summed E-state index contributed by atoms with van der Waals surface area (Å²) in [6.45, 7) is 8.11. The molecule has 1 aliphatic rings. The van der Waals surface area contributed by atoms with E-state index < -0.39 is 0 Å². The highest BCUT2D eigenvalue weighted by molar-refractivity contribution is 4.70. The molecule has 1 rings (SSSR count). The molecule has 0 bridgehead atoms. The zero-order valence-corrected chi connectivity index (χ0v) is 9.71. The molecule has 1 N–H and O–H groups in total. The lowest BCUT2D eigenvalue weighted by atomic mass is 10.00. The van der Waals surface area contributed by atoms with Gasteiger partial charge in [-0.25, -0.2) is 0 Å². The summed E-state index contributed by atoms with van der Waals surface area (Å²) in [5, 5.41) is 9.42. The van der Waals surface area contributed by atoms with Gasteiger partial charge in [0.1, 0.15) is 0 Å². The van der Waals surface area contributed by atoms with Gasteiger partial charge in [0.15, 0.2) is 0 Å². The van der Waals surface area contributed by atoms with Crippen molar-refractivity contribution in [3.8, 4) is 0 Å². The van der Waals surface area contributed by atoms with Crippen LogP contribution >= 0.6 is 0 Å². The molecule has 1 fully saturated rings. The molecule has 2 heteroatoms. The van der Waals surface area contributed by atoms with Crippen LogP contribution in [0.2, 0.25) is 0 Å². The average Bonchev–Trinajstić information content (AvgIpc) is 2.17. The maximum Gasteiger partial charge on any atom is 0.0538 e. The van der Waals surface area contributed by atoms with Crippen LogP contribution in [0.25, 0.3) is 0 Å². The first-order valence-electron chi connectivity index (χ1n) is 6.12. The zero-order chi connectivity index (χ0) is 10.4. The minimum Gasteiger partial charge on any atom is -0.393 e. The maximum absolute atomic E-state index is 9.42. The fourth-order valence-corrected chi connectivity index (χ4v) is 2.24. The monoisotopic (exact) mass is 199 g/mol. The largest absolute Gasteiger partial charge is 0.393 e. The molecular formula is C12H25NO. The number of hydrogen-bond acceptors (Lipinski definition) is 2. The van der Waals surface area contributed by atoms with Crippen molar-refractivity contribution in [3.63, 3.8) is 0 Å². The summed E-state index contributed by atoms with van der Waals surface area (Å²) in [4.78, 5) is 2.55. The lowest BCUT2D eigenvalue weighted by Gasteiger charge is -2.30. The summed E-state index contributed by atoms with van der Waals surface area (Å²) in [6, 6.07) is 0. The van der Waals surface area contributed by atoms with E-state index in [1.165, 1.54) is 32.5 Å². The van der Waals surface area contributed by atoms with Gasteiger partial charge in [0.05, 0.1) is 6.10 Å². The molecule has 0 spiro atoms. The molecule has 84 valence electrons. The fourth-order valence-electron chi connectivity index (χ4n) is 2.24. The van der Waals surface area contributed by atoms with Gasteiger partial charge in [-0.1, -0.05) is 13.8 Å². The number of aliphatic hydroxyl groups excluding tert-OH is 1. The highest BCUT2D eigenvalue weighted by atomic mass is 16.3. The molecule has 0 amide bonds. The lowest BCUT2D eigenvalue weighted by molar-refractivity contribution is 0.138. The summed E-state index contributed by atoms with van der Waals surface area (Å²) in [7, 11) is 0. The second-order valence-corrected chi connectivity index (χ2v) is 4.75. The van der Waals surface area contributed by atoms with E-state index >= 15 is 0 Å². The van der Waals surface area contributed by atoms with Gasteiger partial charge in [-0.3, -0.25) is 0 Å². The number of likely N-dealkylation sites (tertiary alicyclic amines) is 1. The number of nitrogens with zero attached hydrogens (tertiary/aromatic N) is 1. The van der Waals surface area contributed by atoms with E-state index in [9.17, 15) is 5.11 Å². The lowest BCUT2D eigenvalue weighted by Crippen LogP contribution is -2.35. The van der Waals surface area contributed by atoms with Gasteiger partial charge in [0.25, 0.3) is 0 Å². The van der Waals surface area contributed by atoms with E-state index in [-0.39, 0.29) is 6.10 Å². The Morgan fingerprint density at radius 1 is 1.50 bits per heavy atom. The Morgan fingerprint density at radius 3 is 2.93 bits per heavy atom. The molecule has 1 aliphatic heterocycles. The third kappa shape index (κ3) is 4.43. The predicted octanol–water partition coefficient (Wildman–Crippen LogP) is 2.27. The van der Waals surface area contributed by atoms with Crippen molar-refractivity contribution < 1.29 is 5.11 Å². The first-order valence-corrected chi connectivity index (χ1v) is 6.12. The van der Waals surface area contributed by atoms with Crippen molar-refractivity contribution in [1.29, 1.82) is 0 Å². The van der Waals surface area contributed by atoms with Crippen molar-refractivity contribution >= 4 is 0 Å². The third-order valence-electron chi connectivity index (χ3n) is 3.22. The average molecular weight is 199 g/mol. The Morgan fingerprint density at radius 2 is 2.29 bits per heavy atom. The molecule has 2 unspecified atom stereocenters. The van der Waals surface area contributed by atoms with Crippen LogP contribution in [0.3, 0.4) is 0 Å². The van der Waals surface area contributed by atoms with E-state index in [0.29, 0.717) is 0 Å². The van der Waals surface area contributed by atoms with Crippen LogP contribution in [0.4, 0.5) is 0 Å². The van der Waals surface area contributed by atoms with Gasteiger partial charge >= 0.3 is 0 Å². The van der Waals surface area contributed by atoms with Gasteiger partial charge in [0, 0.05) is 6.54 Å². The highest BCUT2D eigenvalue weighted by Gasteiger charge is 2.15. The van der Waals surface area contributed by atoms with Gasteiger partial charge in [-0.2, -0.15) is 0 Å². The Balaban J connectivity index is 2.05. The Hall–Kier alpha value is -0.0800. The molecule has 14 heavy (non-hydrogen) atoms. The van der Waals surface area contributed by atoms with Crippen LogP contribution in [0.15, 0.2) is 0 Å². The maximum atomic E-state index is 9.42. The van der Waals surface area contributed by atoms with Gasteiger partial charge in [0.2, 0.25) is 0 Å². The standard InChI is InChI=1S/C12H25NO/c1-3-12(14)7-5-9-13-8-4-6-11(2)10-13/h11-12,14H,3-10H2,1-2H3. The molecule has 0 aromatic carbocycles. The molecular weight excluding hydrogens is 174 g/mol. The SMILES string of the molecule is CCC(O)CCCN1CCCC(C)C1. The molecule has 1 heterocycles. The number of rotatable bonds is 5. The fraction of sp³-hybridized carbons (Fsp3) is 1.00. The summed E-state index contributed by atoms with van der Waals surface area (Å²) in [5.74, 6) is 0.875. The van der Waals surface area contributed by atoms with Crippen LogP contribution < -0.4 is 0 Å². The first kappa shape index (κ1) is 12.0. The molecule has 0 aromatic heterocycles. The quantitative estimate of drug-likeness (QED) is 0.734. The summed E-state index contributed by atoms with van der Waals surface area (Å²) >= 11 is 0. The van der Waals surface area contributed by atoms with Crippen molar-refractivity contribution in [2.45, 2.75) is 52.1 Å². The molecule has 0 radical (unpaired) electrons. The molecule has 0 aliphatic carbocycles. The zero-order valence-electron chi connectivity index (χ0n) is 9.71. The Kier molecular flexibility index (Phi) is 5.49. The van der Waals surface area contributed by atoms with Gasteiger partial charge in [-0.15, -0.1) is 0 Å². The number of piperidine rings is 1. The molecule has 1 saturated heterocycles. The topological polar surface area (TPSA) is 23.5 Å². The van der Waals surface area contributed by atoms with Gasteiger partial charge in [-0.05, 0) is 51.1 Å². The molecule has 2 atom stereocenters. The summed E-state index contributed by atoms with van der Waals surface area (Å²) < 4.78 is 0. The Labute approximate surface area is 88.3 Å². The van der Waals surface area contributed by atoms with E-state index in [2.05, 4.69) is 11.8 Å². The number of hydrogen-bond donors (Lipinski definition) is 1. The summed E-state index contributed by atoms with van der Waals surface area (Å²) in [5.41, 5.74) is 0. The predicted molar refractivity (Wildman–Crippen MR) is 60.4 cm³/mol. The second kappa shape index (κ2) is 6.41. The summed E-state index contributed by atoms with van der Waals surface area (Å²) in [6.07, 6.45) is 5.71. The van der Waals surface area contributed by atoms with Crippen LogP contribution in [0.5, 0.6) is 0 Å². The first-order chi connectivity index (χ1) is 6.72. The smallest absolute Gasteiger partial charge is 0.0538 e. The third-order valence-corrected chi connectivity index (χ3v) is 3.22. The van der Waals surface area contributed by atoms with Crippen molar-refractivity contribution in [2.24, 2.45) is 5.92 Å². The van der Waals surface area contributed by atoms with Crippen molar-refractivity contribution in [1.82, 2.24) is 4.90 Å². The van der Waals surface area contributed by atoms with E-state index in [4.69, 9.17) is 0 Å². The minimum absolute atomic E-state index is 0.0720.